The number of Topliss-reactive ketones (excluding diaryl/α,β-unsaturated/α-hetero) is 1. The first-order chi connectivity index (χ1) is 14.7. The lowest BCUT2D eigenvalue weighted by Crippen LogP contribution is -2.57. The maximum Gasteiger partial charge on any atom is 0.245 e. The smallest absolute Gasteiger partial charge is 0.245 e. The van der Waals surface area contributed by atoms with Crippen LogP contribution in [0, 0.1) is 17.1 Å². The van der Waals surface area contributed by atoms with Crippen molar-refractivity contribution >= 4 is 29.7 Å². The van der Waals surface area contributed by atoms with Crippen molar-refractivity contribution in [1.82, 2.24) is 16.0 Å². The maximum atomic E-state index is 13.0. The summed E-state index contributed by atoms with van der Waals surface area (Å²) in [4.78, 5) is 48.8. The molecular formula is C21H27FN4O5. The molecule has 31 heavy (non-hydrogen) atoms. The number of carbonyl (C=O) groups excluding carboxylic acids is 4. The van der Waals surface area contributed by atoms with Crippen LogP contribution in [-0.2, 0) is 25.7 Å². The highest BCUT2D eigenvalue weighted by Crippen LogP contribution is 2.29. The van der Waals surface area contributed by atoms with E-state index in [1.165, 1.54) is 31.2 Å². The van der Waals surface area contributed by atoms with E-state index in [1.807, 2.05) is 0 Å². The zero-order valence-electron chi connectivity index (χ0n) is 17.2. The number of hydrogen-bond acceptors (Lipinski definition) is 6. The van der Waals surface area contributed by atoms with E-state index in [0.717, 1.165) is 12.8 Å². The fraction of sp³-hybridized carbons (Fsp3) is 0.476. The van der Waals surface area contributed by atoms with Gasteiger partial charge in [-0.25, -0.2) is 4.39 Å². The molecule has 1 saturated carbocycles. The van der Waals surface area contributed by atoms with Crippen LogP contribution < -0.4 is 16.0 Å². The van der Waals surface area contributed by atoms with E-state index < -0.39 is 41.6 Å². The Balaban J connectivity index is 2.03. The molecular weight excluding hydrogens is 407 g/mol. The average Bonchev–Trinajstić information content (AvgIpc) is 3.58. The second-order valence-electron chi connectivity index (χ2n) is 7.56. The molecule has 0 aromatic heterocycles. The van der Waals surface area contributed by atoms with Crippen molar-refractivity contribution in [2.24, 2.45) is 5.92 Å². The van der Waals surface area contributed by atoms with Gasteiger partial charge >= 0.3 is 0 Å². The number of rotatable bonds is 12. The lowest BCUT2D eigenvalue weighted by atomic mass is 10.1. The molecule has 0 heterocycles. The van der Waals surface area contributed by atoms with Crippen LogP contribution in [0.1, 0.15) is 38.2 Å². The Morgan fingerprint density at radius 2 is 1.81 bits per heavy atom. The first-order valence-electron chi connectivity index (χ1n) is 10.1. The second-order valence-corrected chi connectivity index (χ2v) is 7.56. The summed E-state index contributed by atoms with van der Waals surface area (Å²) >= 11 is 0. The highest BCUT2D eigenvalue weighted by molar-refractivity contribution is 6.26. The van der Waals surface area contributed by atoms with Crippen LogP contribution in [-0.4, -0.2) is 53.0 Å². The molecule has 10 heteroatoms. The van der Waals surface area contributed by atoms with E-state index in [4.69, 9.17) is 5.41 Å². The molecule has 1 aromatic rings. The number of aliphatic hydroxyl groups is 1. The molecule has 9 nitrogen and oxygen atoms in total. The monoisotopic (exact) mass is 434 g/mol. The summed E-state index contributed by atoms with van der Waals surface area (Å²) in [5.74, 6) is -2.78. The Morgan fingerprint density at radius 1 is 1.16 bits per heavy atom. The van der Waals surface area contributed by atoms with Gasteiger partial charge in [-0.2, -0.15) is 0 Å². The molecule has 1 aliphatic carbocycles. The van der Waals surface area contributed by atoms with E-state index in [1.54, 1.807) is 0 Å². The summed E-state index contributed by atoms with van der Waals surface area (Å²) in [7, 11) is 0. The predicted molar refractivity (Wildman–Crippen MR) is 110 cm³/mol. The Hall–Kier alpha value is -3.14. The molecule has 0 saturated heterocycles. The third-order valence-electron chi connectivity index (χ3n) is 4.86. The molecule has 2 rings (SSSR count). The molecule has 3 amide bonds. The molecule has 1 unspecified atom stereocenters. The van der Waals surface area contributed by atoms with Crippen LogP contribution in [0.4, 0.5) is 4.39 Å². The quantitative estimate of drug-likeness (QED) is 0.298. The van der Waals surface area contributed by atoms with Gasteiger partial charge in [-0.05, 0) is 43.9 Å². The summed E-state index contributed by atoms with van der Waals surface area (Å²) in [6.07, 6.45) is 0.656. The zero-order chi connectivity index (χ0) is 23.0. The van der Waals surface area contributed by atoms with Gasteiger partial charge in [0.05, 0.1) is 12.3 Å². The second kappa shape index (κ2) is 11.3. The highest BCUT2D eigenvalue weighted by atomic mass is 19.1. The normalized spacial score (nSPS) is 15.8. The van der Waals surface area contributed by atoms with Crippen molar-refractivity contribution in [2.45, 2.75) is 57.3 Å². The number of nitrogens with one attached hydrogen (secondary N) is 4. The van der Waals surface area contributed by atoms with Crippen molar-refractivity contribution in [1.29, 1.82) is 5.41 Å². The molecule has 0 radical (unpaired) electrons. The predicted octanol–water partition coefficient (Wildman–Crippen LogP) is 0.201. The summed E-state index contributed by atoms with van der Waals surface area (Å²) in [6.45, 7) is 1.42. The minimum absolute atomic E-state index is 0.0711. The largest absolute Gasteiger partial charge is 0.391 e. The summed E-state index contributed by atoms with van der Waals surface area (Å²) in [6, 6.07) is 3.12. The van der Waals surface area contributed by atoms with Crippen LogP contribution in [0.3, 0.4) is 0 Å². The van der Waals surface area contributed by atoms with Crippen LogP contribution in [0.25, 0.3) is 0 Å². The number of aliphatic hydroxyl groups excluding tert-OH is 1. The molecule has 168 valence electrons. The van der Waals surface area contributed by atoms with Gasteiger partial charge in [-0.15, -0.1) is 0 Å². The van der Waals surface area contributed by atoms with Gasteiger partial charge in [-0.1, -0.05) is 12.1 Å². The Labute approximate surface area is 179 Å². The van der Waals surface area contributed by atoms with Gasteiger partial charge in [0.15, 0.2) is 5.78 Å². The van der Waals surface area contributed by atoms with Crippen LogP contribution in [0.5, 0.6) is 0 Å². The minimum Gasteiger partial charge on any atom is -0.391 e. The number of benzene rings is 1. The number of carbonyl (C=O) groups is 4. The van der Waals surface area contributed by atoms with Gasteiger partial charge in [-0.3, -0.25) is 19.2 Å². The molecule has 1 aliphatic rings. The molecule has 0 aliphatic heterocycles. The lowest BCUT2D eigenvalue weighted by molar-refractivity contribution is -0.134. The molecule has 3 atom stereocenters. The number of ketones is 1. The van der Waals surface area contributed by atoms with Crippen LogP contribution >= 0.6 is 0 Å². The Morgan fingerprint density at radius 3 is 2.35 bits per heavy atom. The van der Waals surface area contributed by atoms with Crippen molar-refractivity contribution in [3.05, 3.63) is 35.6 Å². The van der Waals surface area contributed by atoms with Gasteiger partial charge in [0.1, 0.15) is 17.9 Å². The van der Waals surface area contributed by atoms with Gasteiger partial charge < -0.3 is 26.5 Å². The Kier molecular flexibility index (Phi) is 8.80. The molecule has 5 N–H and O–H groups in total. The number of hydrogen-bond donors (Lipinski definition) is 5. The van der Waals surface area contributed by atoms with Crippen LogP contribution in [0.15, 0.2) is 24.3 Å². The van der Waals surface area contributed by atoms with Gasteiger partial charge in [0.25, 0.3) is 0 Å². The van der Waals surface area contributed by atoms with E-state index in [2.05, 4.69) is 16.0 Å². The maximum absolute atomic E-state index is 13.0. The van der Waals surface area contributed by atoms with Crippen molar-refractivity contribution in [2.75, 3.05) is 0 Å². The number of amides is 3. The molecule has 1 fully saturated rings. The van der Waals surface area contributed by atoms with E-state index in [-0.39, 0.29) is 31.2 Å². The van der Waals surface area contributed by atoms with Gasteiger partial charge in [0, 0.05) is 18.9 Å². The lowest BCUT2D eigenvalue weighted by Gasteiger charge is -2.24. The third kappa shape index (κ3) is 7.89. The fourth-order valence-corrected chi connectivity index (χ4v) is 2.83. The van der Waals surface area contributed by atoms with Crippen molar-refractivity contribution < 1.29 is 28.7 Å². The van der Waals surface area contributed by atoms with Gasteiger partial charge in [0.2, 0.25) is 17.7 Å². The first-order valence-corrected chi connectivity index (χ1v) is 10.1. The average molecular weight is 434 g/mol. The molecule has 1 aromatic carbocycles. The topological polar surface area (TPSA) is 148 Å². The van der Waals surface area contributed by atoms with Crippen LogP contribution in [0.2, 0.25) is 0 Å². The molecule has 0 spiro atoms. The summed E-state index contributed by atoms with van der Waals surface area (Å²) in [5, 5.41) is 24.5. The van der Waals surface area contributed by atoms with E-state index >= 15 is 0 Å². The molecule has 0 bridgehead atoms. The third-order valence-corrected chi connectivity index (χ3v) is 4.86. The first kappa shape index (κ1) is 24.1. The summed E-state index contributed by atoms with van der Waals surface area (Å²) in [5.41, 5.74) is 0.633. The minimum atomic E-state index is -1.25. The van der Waals surface area contributed by atoms with E-state index in [0.29, 0.717) is 11.8 Å². The zero-order valence-corrected chi connectivity index (χ0v) is 17.2. The van der Waals surface area contributed by atoms with Crippen molar-refractivity contribution in [3.63, 3.8) is 0 Å². The summed E-state index contributed by atoms with van der Waals surface area (Å²) < 4.78 is 13.0. The fourth-order valence-electron chi connectivity index (χ4n) is 2.83. The number of halogens is 1. The van der Waals surface area contributed by atoms with E-state index in [9.17, 15) is 28.7 Å². The highest BCUT2D eigenvalue weighted by Gasteiger charge is 2.35. The Bertz CT molecular complexity index is 824. The van der Waals surface area contributed by atoms with Crippen molar-refractivity contribution in [3.8, 4) is 0 Å². The SMILES string of the molecule is CC(O)[C@H](NC(=O)C1CC1)C(=O)N[C@@H](CCC(=O)C=N)C(=O)NCc1ccc(F)cc1. The standard InChI is InChI=1S/C21H27FN4O5/c1-12(27)18(26-19(29)14-4-5-14)21(31)25-17(9-8-16(28)10-23)20(30)24-11-13-2-6-15(22)7-3-13/h2-3,6-7,10,12,14,17-18,23,27H,4-5,8-9,11H2,1H3,(H,24,30)(H,25,31)(H,26,29)/t12?,17-,18-/m0/s1.